The molecule has 1 aliphatic heterocycles. The third-order valence-electron chi connectivity index (χ3n) is 3.92. The van der Waals surface area contributed by atoms with E-state index in [0.29, 0.717) is 31.6 Å². The molecule has 1 aromatic rings. The molecule has 134 valence electrons. The van der Waals surface area contributed by atoms with Crippen LogP contribution in [0.5, 0.6) is 0 Å². The minimum absolute atomic E-state index is 0.194. The highest BCUT2D eigenvalue weighted by atomic mass is 32.2. The van der Waals surface area contributed by atoms with Gasteiger partial charge in [-0.1, -0.05) is 6.92 Å². The smallest absolute Gasteiger partial charge is 0.397 e. The van der Waals surface area contributed by atoms with Crippen molar-refractivity contribution in [2.75, 3.05) is 18.8 Å². The molecular weight excluding hydrogens is 349 g/mol. The van der Waals surface area contributed by atoms with Gasteiger partial charge >= 0.3 is 6.18 Å². The number of rotatable bonds is 2. The third kappa shape index (κ3) is 3.81. The Balaban J connectivity index is 2.56. The van der Waals surface area contributed by atoms with E-state index in [-0.39, 0.29) is 5.92 Å². The number of piperidine rings is 1. The van der Waals surface area contributed by atoms with Crippen LogP contribution < -0.4 is 5.73 Å². The van der Waals surface area contributed by atoms with E-state index in [1.165, 1.54) is 4.90 Å². The molecule has 0 bridgehead atoms. The number of benzene rings is 1. The van der Waals surface area contributed by atoms with Gasteiger partial charge in [-0.25, -0.2) is 0 Å². The maximum atomic E-state index is 13.1. The summed E-state index contributed by atoms with van der Waals surface area (Å²) in [6.07, 6.45) is -3.36. The fraction of sp³-hybridized carbons (Fsp3) is 0.500. The van der Waals surface area contributed by atoms with E-state index in [0.717, 1.165) is 6.42 Å². The summed E-state index contributed by atoms with van der Waals surface area (Å²) in [5, 5.41) is 0. The Morgan fingerprint density at radius 3 is 2.50 bits per heavy atom. The monoisotopic (exact) mass is 366 g/mol. The highest BCUT2D eigenvalue weighted by Gasteiger charge is 2.37. The van der Waals surface area contributed by atoms with Gasteiger partial charge in [-0.05, 0) is 30.9 Å². The number of anilines is 1. The largest absolute Gasteiger partial charge is 0.418 e. The lowest BCUT2D eigenvalue weighted by atomic mass is 9.99. The van der Waals surface area contributed by atoms with Crippen LogP contribution in [0.3, 0.4) is 0 Å². The second-order valence-electron chi connectivity index (χ2n) is 5.91. The quantitative estimate of drug-likeness (QED) is 0.618. The van der Waals surface area contributed by atoms with E-state index in [2.05, 4.69) is 0 Å². The average Bonchev–Trinajstić information content (AvgIpc) is 2.44. The zero-order chi connectivity index (χ0) is 18.3. The summed E-state index contributed by atoms with van der Waals surface area (Å²) in [7, 11) is -5.01. The number of amides is 1. The van der Waals surface area contributed by atoms with Gasteiger partial charge in [0.1, 0.15) is 4.90 Å². The lowest BCUT2D eigenvalue weighted by molar-refractivity contribution is -0.137. The molecule has 0 aromatic heterocycles. The summed E-state index contributed by atoms with van der Waals surface area (Å²) in [5.41, 5.74) is 2.17. The highest BCUT2D eigenvalue weighted by molar-refractivity contribution is 7.86. The molecule has 2 rings (SSSR count). The first-order valence-corrected chi connectivity index (χ1v) is 8.62. The average molecular weight is 366 g/mol. The van der Waals surface area contributed by atoms with Crippen molar-refractivity contribution >= 4 is 21.7 Å². The number of alkyl halides is 3. The first-order valence-electron chi connectivity index (χ1n) is 7.18. The van der Waals surface area contributed by atoms with E-state index >= 15 is 0 Å². The number of nitrogens with two attached hydrogens (primary N) is 1. The van der Waals surface area contributed by atoms with Crippen LogP contribution >= 0.6 is 0 Å². The number of halogens is 3. The van der Waals surface area contributed by atoms with E-state index in [1.807, 2.05) is 6.92 Å². The zero-order valence-corrected chi connectivity index (χ0v) is 13.6. The minimum atomic E-state index is -5.01. The van der Waals surface area contributed by atoms with Crippen molar-refractivity contribution < 1.29 is 30.9 Å². The molecule has 1 heterocycles. The maximum absolute atomic E-state index is 13.1. The second-order valence-corrected chi connectivity index (χ2v) is 7.30. The van der Waals surface area contributed by atoms with Crippen LogP contribution in [0.2, 0.25) is 0 Å². The van der Waals surface area contributed by atoms with Gasteiger partial charge in [-0.15, -0.1) is 0 Å². The molecule has 0 radical (unpaired) electrons. The van der Waals surface area contributed by atoms with E-state index in [1.54, 1.807) is 0 Å². The topological polar surface area (TPSA) is 101 Å². The lowest BCUT2D eigenvalue weighted by Crippen LogP contribution is -2.39. The van der Waals surface area contributed by atoms with Crippen LogP contribution in [-0.2, 0) is 16.3 Å². The van der Waals surface area contributed by atoms with Gasteiger partial charge in [-0.2, -0.15) is 21.6 Å². The molecule has 3 N–H and O–H groups in total. The lowest BCUT2D eigenvalue weighted by Gasteiger charge is -2.31. The number of carbonyl (C=O) groups is 1. The highest BCUT2D eigenvalue weighted by Crippen LogP contribution is 2.38. The van der Waals surface area contributed by atoms with Crippen molar-refractivity contribution in [1.29, 1.82) is 0 Å². The minimum Gasteiger partial charge on any atom is -0.397 e. The van der Waals surface area contributed by atoms with Gasteiger partial charge in [0.2, 0.25) is 0 Å². The van der Waals surface area contributed by atoms with Crippen LogP contribution in [0, 0.1) is 5.92 Å². The number of hydrogen-bond donors (Lipinski definition) is 2. The van der Waals surface area contributed by atoms with Crippen molar-refractivity contribution in [2.45, 2.75) is 30.8 Å². The third-order valence-corrected chi connectivity index (χ3v) is 4.81. The molecule has 1 atom stereocenters. The van der Waals surface area contributed by atoms with E-state index in [4.69, 9.17) is 10.3 Å². The summed E-state index contributed by atoms with van der Waals surface area (Å²) in [5.74, 6) is -0.531. The summed E-state index contributed by atoms with van der Waals surface area (Å²) >= 11 is 0. The van der Waals surface area contributed by atoms with Gasteiger partial charge in [0, 0.05) is 18.7 Å². The van der Waals surface area contributed by atoms with E-state index in [9.17, 15) is 26.4 Å². The molecular formula is C14H17F3N2O4S. The predicted molar refractivity (Wildman–Crippen MR) is 80.0 cm³/mol. The molecule has 0 aliphatic carbocycles. The molecule has 1 saturated heterocycles. The molecule has 10 heteroatoms. The summed E-state index contributed by atoms with van der Waals surface area (Å²) in [6, 6.07) is 1.20. The summed E-state index contributed by atoms with van der Waals surface area (Å²) in [4.78, 5) is 12.7. The van der Waals surface area contributed by atoms with Crippen LogP contribution in [0.4, 0.5) is 18.9 Å². The molecule has 1 aromatic carbocycles. The second kappa shape index (κ2) is 6.25. The number of hydrogen-bond acceptors (Lipinski definition) is 4. The molecule has 1 amide bonds. The molecule has 1 fully saturated rings. The first kappa shape index (κ1) is 18.5. The first-order chi connectivity index (χ1) is 10.9. The summed E-state index contributed by atoms with van der Waals surface area (Å²) < 4.78 is 71.0. The Labute approximate surface area is 137 Å². The van der Waals surface area contributed by atoms with Crippen LogP contribution in [0.25, 0.3) is 0 Å². The Hall–Kier alpha value is -1.81. The number of likely N-dealkylation sites (tertiary alicyclic amines) is 1. The molecule has 0 saturated carbocycles. The van der Waals surface area contributed by atoms with Crippen molar-refractivity contribution in [3.05, 3.63) is 23.3 Å². The molecule has 0 spiro atoms. The van der Waals surface area contributed by atoms with Gasteiger partial charge in [0.15, 0.2) is 0 Å². The standard InChI is InChI=1S/C14H17F3N2O4S/c1-8-3-2-4-19(7-8)13(20)9-5-10(14(15,16)17)12(18)11(6-9)24(21,22)23/h5-6,8H,2-4,7,18H2,1H3,(H,21,22,23)/t8-/m0/s1. The zero-order valence-electron chi connectivity index (χ0n) is 12.8. The molecule has 1 aliphatic rings. The van der Waals surface area contributed by atoms with Gasteiger partial charge in [-0.3, -0.25) is 9.35 Å². The van der Waals surface area contributed by atoms with Gasteiger partial charge in [0.05, 0.1) is 11.3 Å². The number of nitrogen functional groups attached to an aromatic ring is 1. The molecule has 0 unspecified atom stereocenters. The van der Waals surface area contributed by atoms with Crippen molar-refractivity contribution in [2.24, 2.45) is 5.92 Å². The summed E-state index contributed by atoms with van der Waals surface area (Å²) in [6.45, 7) is 2.65. The van der Waals surface area contributed by atoms with Crippen molar-refractivity contribution in [3.8, 4) is 0 Å². The van der Waals surface area contributed by atoms with Crippen molar-refractivity contribution in [1.82, 2.24) is 4.90 Å². The van der Waals surface area contributed by atoms with Gasteiger partial charge < -0.3 is 10.6 Å². The Kier molecular flexibility index (Phi) is 4.82. The van der Waals surface area contributed by atoms with Gasteiger partial charge in [0.25, 0.3) is 16.0 Å². The number of nitrogens with zero attached hydrogens (tertiary/aromatic N) is 1. The Morgan fingerprint density at radius 1 is 1.38 bits per heavy atom. The predicted octanol–water partition coefficient (Wildman–Crippen LogP) is 2.41. The fourth-order valence-electron chi connectivity index (χ4n) is 2.75. The maximum Gasteiger partial charge on any atom is 0.418 e. The Bertz CT molecular complexity index is 762. The SMILES string of the molecule is C[C@H]1CCCN(C(=O)c2cc(C(F)(F)F)c(N)c(S(=O)(=O)O)c2)C1. The fourth-order valence-corrected chi connectivity index (χ4v) is 3.42. The Morgan fingerprint density at radius 2 is 2.00 bits per heavy atom. The van der Waals surface area contributed by atoms with E-state index < -0.39 is 43.9 Å². The number of carbonyl (C=O) groups excluding carboxylic acids is 1. The van der Waals surface area contributed by atoms with Crippen LogP contribution in [-0.4, -0.2) is 36.9 Å². The normalized spacial score (nSPS) is 19.4. The molecule has 6 nitrogen and oxygen atoms in total. The van der Waals surface area contributed by atoms with Crippen molar-refractivity contribution in [3.63, 3.8) is 0 Å². The van der Waals surface area contributed by atoms with Crippen LogP contribution in [0.1, 0.15) is 35.7 Å². The molecule has 24 heavy (non-hydrogen) atoms. The van der Waals surface area contributed by atoms with Crippen LogP contribution in [0.15, 0.2) is 17.0 Å².